The molecule has 1 heterocycles. The van der Waals surface area contributed by atoms with Gasteiger partial charge in [-0.05, 0) is 71.1 Å². The average molecular weight is 755 g/mol. The standard InChI is InChI=1S/C33H30F3N3O6.C9H11N/c1-43-28-11-4-2-9-26(28)24-15-13-22(14-16-24)21-39(31(41)18-17-30(40)38-45-32(42)33(34,35)36)27-10-3-5-12-29(27)44-25-8-6-7-23(19-25)20-37;1-2-4-9-7-10-6-5-8(9)3-1/h2-16,19H,17-18,20-21,37H2,1H3,(H,38,40);1-4,10H,5-7H2. The lowest BCUT2D eigenvalue weighted by Crippen LogP contribution is -2.36. The number of halogens is 3. The first kappa shape index (κ1) is 40.0. The second kappa shape index (κ2) is 19.2. The Morgan fingerprint density at radius 1 is 0.800 bits per heavy atom. The normalized spacial score (nSPS) is 11.9. The van der Waals surface area contributed by atoms with Crippen LogP contribution in [0, 0.1) is 0 Å². The molecule has 55 heavy (non-hydrogen) atoms. The fourth-order valence-electron chi connectivity index (χ4n) is 5.78. The molecule has 0 spiro atoms. The third kappa shape index (κ3) is 11.4. The predicted molar refractivity (Wildman–Crippen MR) is 202 cm³/mol. The summed E-state index contributed by atoms with van der Waals surface area (Å²) in [4.78, 5) is 41.8. The summed E-state index contributed by atoms with van der Waals surface area (Å²) in [6.45, 7) is 2.56. The Hall–Kier alpha value is -6.18. The Bertz CT molecular complexity index is 2050. The molecular weight excluding hydrogens is 713 g/mol. The number of nitrogens with zero attached hydrogens (tertiary/aromatic N) is 1. The molecular formula is C42H41F3N4O6. The van der Waals surface area contributed by atoms with Crippen molar-refractivity contribution in [3.8, 4) is 28.4 Å². The molecule has 6 rings (SSSR count). The molecule has 10 nitrogen and oxygen atoms in total. The summed E-state index contributed by atoms with van der Waals surface area (Å²) in [7, 11) is 1.59. The Balaban J connectivity index is 0.000000496. The van der Waals surface area contributed by atoms with Crippen LogP contribution in [0.3, 0.4) is 0 Å². The number of anilines is 1. The van der Waals surface area contributed by atoms with Crippen LogP contribution in [0.2, 0.25) is 0 Å². The topological polar surface area (TPSA) is 132 Å². The molecule has 0 radical (unpaired) electrons. The molecule has 0 aromatic heterocycles. The second-order valence-corrected chi connectivity index (χ2v) is 12.4. The Kier molecular flexibility index (Phi) is 14.0. The lowest BCUT2D eigenvalue weighted by molar-refractivity contribution is -0.207. The molecule has 0 saturated carbocycles. The van der Waals surface area contributed by atoms with Crippen LogP contribution in [0.1, 0.15) is 35.1 Å². The van der Waals surface area contributed by atoms with Crippen LogP contribution < -0.4 is 30.9 Å². The van der Waals surface area contributed by atoms with E-state index < -0.39 is 36.8 Å². The van der Waals surface area contributed by atoms with Crippen molar-refractivity contribution >= 4 is 23.5 Å². The number of rotatable bonds is 11. The first-order valence-corrected chi connectivity index (χ1v) is 17.5. The van der Waals surface area contributed by atoms with Gasteiger partial charge >= 0.3 is 12.1 Å². The van der Waals surface area contributed by atoms with Crippen molar-refractivity contribution in [3.63, 3.8) is 0 Å². The van der Waals surface area contributed by atoms with Crippen LogP contribution in [0.5, 0.6) is 17.2 Å². The molecule has 286 valence electrons. The second-order valence-electron chi connectivity index (χ2n) is 12.4. The highest BCUT2D eigenvalue weighted by Gasteiger charge is 2.42. The van der Waals surface area contributed by atoms with Crippen LogP contribution in [0.15, 0.2) is 121 Å². The zero-order valence-electron chi connectivity index (χ0n) is 30.1. The maximum atomic E-state index is 13.6. The zero-order valence-corrected chi connectivity index (χ0v) is 30.1. The SMILES string of the molecule is COc1ccccc1-c1ccc(CN(C(=O)CCC(=O)NOC(=O)C(F)(F)F)c2ccccc2Oc2cccc(CN)c2)cc1.c1ccc2c(c1)CCNC2. The van der Waals surface area contributed by atoms with Gasteiger partial charge in [-0.25, -0.2) is 4.79 Å². The van der Waals surface area contributed by atoms with E-state index in [2.05, 4.69) is 34.4 Å². The van der Waals surface area contributed by atoms with E-state index in [-0.39, 0.29) is 6.54 Å². The molecule has 0 aliphatic carbocycles. The smallest absolute Gasteiger partial charge is 0.493 e. The maximum Gasteiger partial charge on any atom is 0.493 e. The van der Waals surface area contributed by atoms with Crippen LogP contribution in [-0.2, 0) is 45.3 Å². The van der Waals surface area contributed by atoms with Crippen molar-refractivity contribution in [2.75, 3.05) is 18.6 Å². The van der Waals surface area contributed by atoms with Gasteiger partial charge in [0.05, 0.1) is 19.3 Å². The van der Waals surface area contributed by atoms with Crippen molar-refractivity contribution in [1.82, 2.24) is 10.8 Å². The van der Waals surface area contributed by atoms with Crippen molar-refractivity contribution in [2.45, 2.75) is 45.1 Å². The molecule has 4 N–H and O–H groups in total. The number of hydroxylamine groups is 1. The predicted octanol–water partition coefficient (Wildman–Crippen LogP) is 7.40. The van der Waals surface area contributed by atoms with Crippen molar-refractivity contribution in [3.05, 3.63) is 144 Å². The van der Waals surface area contributed by atoms with Crippen molar-refractivity contribution in [1.29, 1.82) is 0 Å². The van der Waals surface area contributed by atoms with Gasteiger partial charge < -0.3 is 30.3 Å². The average Bonchev–Trinajstić information content (AvgIpc) is 3.21. The van der Waals surface area contributed by atoms with Gasteiger partial charge in [0.2, 0.25) is 5.91 Å². The zero-order chi connectivity index (χ0) is 39.2. The van der Waals surface area contributed by atoms with Gasteiger partial charge in [-0.1, -0.05) is 91.0 Å². The van der Waals surface area contributed by atoms with Gasteiger partial charge in [0.1, 0.15) is 11.5 Å². The van der Waals surface area contributed by atoms with Crippen LogP contribution in [0.4, 0.5) is 18.9 Å². The van der Waals surface area contributed by atoms with Gasteiger partial charge in [0.25, 0.3) is 5.91 Å². The van der Waals surface area contributed by atoms with Gasteiger partial charge in [-0.15, -0.1) is 0 Å². The number of nitrogens with two attached hydrogens (primary N) is 1. The molecule has 0 bridgehead atoms. The minimum absolute atomic E-state index is 0.0684. The monoisotopic (exact) mass is 754 g/mol. The quantitative estimate of drug-likeness (QED) is 0.119. The van der Waals surface area contributed by atoms with E-state index in [9.17, 15) is 27.6 Å². The molecule has 0 saturated heterocycles. The van der Waals surface area contributed by atoms with Crippen LogP contribution in [0.25, 0.3) is 11.1 Å². The lowest BCUT2D eigenvalue weighted by atomic mass is 10.0. The van der Waals surface area contributed by atoms with Gasteiger partial charge in [0.15, 0.2) is 5.75 Å². The summed E-state index contributed by atoms with van der Waals surface area (Å²) in [5.41, 5.74) is 13.9. The van der Waals surface area contributed by atoms with Gasteiger partial charge in [0, 0.05) is 31.5 Å². The molecule has 13 heteroatoms. The summed E-state index contributed by atoms with van der Waals surface area (Å²) < 4.78 is 48.8. The Labute approximate surface area is 317 Å². The number of alkyl halides is 3. The van der Waals surface area contributed by atoms with Crippen LogP contribution >= 0.6 is 0 Å². The molecule has 1 aliphatic heterocycles. The number of carbonyl (C=O) groups is 3. The minimum atomic E-state index is -5.28. The van der Waals surface area contributed by atoms with E-state index in [4.69, 9.17) is 15.2 Å². The van der Waals surface area contributed by atoms with Gasteiger partial charge in [-0.3, -0.25) is 9.59 Å². The van der Waals surface area contributed by atoms with E-state index >= 15 is 0 Å². The summed E-state index contributed by atoms with van der Waals surface area (Å²) >= 11 is 0. The largest absolute Gasteiger partial charge is 0.496 e. The summed E-state index contributed by atoms with van der Waals surface area (Å²) in [5.74, 6) is -2.66. The summed E-state index contributed by atoms with van der Waals surface area (Å²) in [6.07, 6.45) is -5.05. The number of benzene rings is 5. The van der Waals surface area contributed by atoms with E-state index in [1.165, 1.54) is 27.9 Å². The number of hydrogen-bond acceptors (Lipinski definition) is 8. The van der Waals surface area contributed by atoms with Crippen molar-refractivity contribution < 1.29 is 41.9 Å². The highest BCUT2D eigenvalue weighted by atomic mass is 19.4. The Morgan fingerprint density at radius 2 is 1.49 bits per heavy atom. The minimum Gasteiger partial charge on any atom is -0.496 e. The fourth-order valence-corrected chi connectivity index (χ4v) is 5.78. The highest BCUT2D eigenvalue weighted by molar-refractivity contribution is 5.96. The first-order valence-electron chi connectivity index (χ1n) is 17.5. The highest BCUT2D eigenvalue weighted by Crippen LogP contribution is 2.35. The molecule has 2 amide bonds. The third-order valence-electron chi connectivity index (χ3n) is 8.59. The number of methoxy groups -OCH3 is 1. The fraction of sp³-hybridized carbons (Fsp3) is 0.214. The summed E-state index contributed by atoms with van der Waals surface area (Å²) in [6, 6.07) is 37.6. The van der Waals surface area contributed by atoms with E-state index in [1.54, 1.807) is 49.6 Å². The first-order chi connectivity index (χ1) is 26.5. The molecule has 1 aliphatic rings. The van der Waals surface area contributed by atoms with E-state index in [0.717, 1.165) is 35.3 Å². The molecule has 5 aromatic carbocycles. The maximum absolute atomic E-state index is 13.6. The van der Waals surface area contributed by atoms with Gasteiger partial charge in [-0.2, -0.15) is 18.7 Å². The van der Waals surface area contributed by atoms with E-state index in [0.29, 0.717) is 29.5 Å². The number of hydrogen-bond donors (Lipinski definition) is 3. The number of fused-ring (bicyclic) bond motifs is 1. The summed E-state index contributed by atoms with van der Waals surface area (Å²) in [5, 5.41) is 3.34. The van der Waals surface area contributed by atoms with E-state index in [1.807, 2.05) is 54.6 Å². The Morgan fingerprint density at radius 3 is 2.20 bits per heavy atom. The van der Waals surface area contributed by atoms with Crippen LogP contribution in [-0.4, -0.2) is 37.6 Å². The molecule has 5 aromatic rings. The van der Waals surface area contributed by atoms with Crippen molar-refractivity contribution in [2.24, 2.45) is 5.73 Å². The number of ether oxygens (including phenoxy) is 2. The molecule has 0 unspecified atom stereocenters. The number of para-hydroxylation sites is 3. The lowest BCUT2D eigenvalue weighted by Gasteiger charge is -2.25. The number of carbonyl (C=O) groups excluding carboxylic acids is 3. The third-order valence-corrected chi connectivity index (χ3v) is 8.59. The molecule has 0 atom stereocenters. The molecule has 0 fully saturated rings. The number of nitrogens with one attached hydrogen (secondary N) is 2. The number of amides is 2.